The molecule has 0 aliphatic rings. The van der Waals surface area contributed by atoms with Crippen LogP contribution in [0.5, 0.6) is 0 Å². The third-order valence-corrected chi connectivity index (χ3v) is 2.64. The van der Waals surface area contributed by atoms with Crippen molar-refractivity contribution >= 4 is 17.2 Å². The highest BCUT2D eigenvalue weighted by Gasteiger charge is 2.05. The fourth-order valence-corrected chi connectivity index (χ4v) is 2.10. The Kier molecular flexibility index (Phi) is 4.90. The van der Waals surface area contributed by atoms with Crippen molar-refractivity contribution in [2.45, 2.75) is 27.3 Å². The molecule has 1 rings (SSSR count). The van der Waals surface area contributed by atoms with Crippen LogP contribution < -0.4 is 5.73 Å². The molecule has 0 saturated carbocycles. The number of benzene rings is 1. The Hall–Kier alpha value is -0.930. The third-order valence-electron chi connectivity index (χ3n) is 2.51. The number of hydrogen-bond donors (Lipinski definition) is 1. The van der Waals surface area contributed by atoms with Crippen LogP contribution in [0.1, 0.15) is 23.6 Å². The van der Waals surface area contributed by atoms with Gasteiger partial charge in [-0.3, -0.25) is 4.90 Å². The minimum atomic E-state index is 0.561. The van der Waals surface area contributed by atoms with E-state index in [2.05, 4.69) is 43.9 Å². The Morgan fingerprint density at radius 2 is 1.81 bits per heavy atom. The standard InChI is InChI=1S/C13H20N2S/c1-4-15(9-13(14)16)8-12-6-10(2)5-11(3)7-12/h5-7H,4,8-9H2,1-3H3,(H2,14,16). The van der Waals surface area contributed by atoms with Crippen LogP contribution in [0.15, 0.2) is 18.2 Å². The summed E-state index contributed by atoms with van der Waals surface area (Å²) in [5, 5.41) is 0. The van der Waals surface area contributed by atoms with Gasteiger partial charge in [-0.05, 0) is 26.0 Å². The van der Waals surface area contributed by atoms with Gasteiger partial charge in [0.25, 0.3) is 0 Å². The molecule has 0 atom stereocenters. The number of nitrogens with zero attached hydrogens (tertiary/aromatic N) is 1. The van der Waals surface area contributed by atoms with Crippen molar-refractivity contribution < 1.29 is 0 Å². The fraction of sp³-hybridized carbons (Fsp3) is 0.462. The lowest BCUT2D eigenvalue weighted by molar-refractivity contribution is 0.321. The Balaban J connectivity index is 2.73. The molecule has 0 heterocycles. The van der Waals surface area contributed by atoms with Crippen LogP contribution in [0.2, 0.25) is 0 Å². The molecule has 1 aromatic carbocycles. The van der Waals surface area contributed by atoms with Gasteiger partial charge in [0, 0.05) is 13.1 Å². The molecule has 0 aliphatic carbocycles. The van der Waals surface area contributed by atoms with Gasteiger partial charge in [0.1, 0.15) is 0 Å². The first-order chi connectivity index (χ1) is 7.51. The minimum absolute atomic E-state index is 0.561. The van der Waals surface area contributed by atoms with Crippen molar-refractivity contribution in [3.05, 3.63) is 34.9 Å². The molecule has 0 aliphatic heterocycles. The highest BCUT2D eigenvalue weighted by Crippen LogP contribution is 2.11. The van der Waals surface area contributed by atoms with E-state index in [0.29, 0.717) is 11.5 Å². The summed E-state index contributed by atoms with van der Waals surface area (Å²) in [6, 6.07) is 6.62. The van der Waals surface area contributed by atoms with Crippen LogP contribution in [0.4, 0.5) is 0 Å². The second-order valence-electron chi connectivity index (χ2n) is 4.27. The zero-order valence-electron chi connectivity index (χ0n) is 10.3. The van der Waals surface area contributed by atoms with Gasteiger partial charge in [0.15, 0.2) is 0 Å². The zero-order valence-corrected chi connectivity index (χ0v) is 11.1. The Bertz CT molecular complexity index is 354. The highest BCUT2D eigenvalue weighted by molar-refractivity contribution is 7.80. The van der Waals surface area contributed by atoms with Crippen molar-refractivity contribution in [2.75, 3.05) is 13.1 Å². The van der Waals surface area contributed by atoms with E-state index in [0.717, 1.165) is 13.1 Å². The molecule has 0 aromatic heterocycles. The first-order valence-electron chi connectivity index (χ1n) is 5.59. The predicted molar refractivity (Wildman–Crippen MR) is 73.7 cm³/mol. The normalized spacial score (nSPS) is 10.8. The summed E-state index contributed by atoms with van der Waals surface area (Å²) in [6.07, 6.45) is 0. The van der Waals surface area contributed by atoms with Crippen LogP contribution in [-0.2, 0) is 6.54 Å². The number of nitrogens with two attached hydrogens (primary N) is 1. The fourth-order valence-electron chi connectivity index (χ4n) is 1.92. The van der Waals surface area contributed by atoms with Crippen molar-refractivity contribution in [1.82, 2.24) is 4.90 Å². The van der Waals surface area contributed by atoms with Crippen LogP contribution >= 0.6 is 12.2 Å². The summed E-state index contributed by atoms with van der Waals surface area (Å²) in [5.74, 6) is 0. The Morgan fingerprint density at radius 3 is 2.25 bits per heavy atom. The molecule has 2 N–H and O–H groups in total. The third kappa shape index (κ3) is 4.29. The lowest BCUT2D eigenvalue weighted by atomic mass is 10.1. The second kappa shape index (κ2) is 5.97. The van der Waals surface area contributed by atoms with Crippen molar-refractivity contribution in [1.29, 1.82) is 0 Å². The molecular weight excluding hydrogens is 216 g/mol. The van der Waals surface area contributed by atoms with Gasteiger partial charge in [-0.25, -0.2) is 0 Å². The molecule has 0 radical (unpaired) electrons. The van der Waals surface area contributed by atoms with Crippen molar-refractivity contribution in [3.63, 3.8) is 0 Å². The highest BCUT2D eigenvalue weighted by atomic mass is 32.1. The van der Waals surface area contributed by atoms with E-state index >= 15 is 0 Å². The Morgan fingerprint density at radius 1 is 1.25 bits per heavy atom. The van der Waals surface area contributed by atoms with Gasteiger partial charge in [-0.15, -0.1) is 0 Å². The lowest BCUT2D eigenvalue weighted by Crippen LogP contribution is -2.32. The van der Waals surface area contributed by atoms with Gasteiger partial charge >= 0.3 is 0 Å². The average molecular weight is 236 g/mol. The maximum absolute atomic E-state index is 5.57. The molecule has 0 amide bonds. The predicted octanol–water partition coefficient (Wildman–Crippen LogP) is 2.41. The number of thiocarbonyl (C=S) groups is 1. The monoisotopic (exact) mass is 236 g/mol. The van der Waals surface area contributed by atoms with Crippen molar-refractivity contribution in [3.8, 4) is 0 Å². The number of aryl methyl sites for hydroxylation is 2. The molecule has 0 unspecified atom stereocenters. The quantitative estimate of drug-likeness (QED) is 0.796. The van der Waals surface area contributed by atoms with Crippen LogP contribution in [0, 0.1) is 13.8 Å². The smallest absolute Gasteiger partial charge is 0.0870 e. The average Bonchev–Trinajstić information content (AvgIpc) is 2.14. The van der Waals surface area contributed by atoms with E-state index in [1.54, 1.807) is 0 Å². The molecule has 88 valence electrons. The number of likely N-dealkylation sites (N-methyl/N-ethyl adjacent to an activating group) is 1. The molecule has 3 heteroatoms. The van der Waals surface area contributed by atoms with E-state index in [1.807, 2.05) is 0 Å². The summed E-state index contributed by atoms with van der Waals surface area (Å²) in [6.45, 7) is 8.95. The number of rotatable bonds is 5. The van der Waals surface area contributed by atoms with Gasteiger partial charge in [0.05, 0.1) is 4.99 Å². The van der Waals surface area contributed by atoms with Gasteiger partial charge in [-0.1, -0.05) is 48.5 Å². The van der Waals surface area contributed by atoms with Crippen LogP contribution in [0.3, 0.4) is 0 Å². The summed E-state index contributed by atoms with van der Waals surface area (Å²) in [7, 11) is 0. The summed E-state index contributed by atoms with van der Waals surface area (Å²) in [4.78, 5) is 2.81. The summed E-state index contributed by atoms with van der Waals surface area (Å²) >= 11 is 4.94. The van der Waals surface area contributed by atoms with Gasteiger partial charge < -0.3 is 5.73 Å². The molecule has 0 bridgehead atoms. The SMILES string of the molecule is CCN(CC(N)=S)Cc1cc(C)cc(C)c1. The number of hydrogen-bond acceptors (Lipinski definition) is 2. The largest absolute Gasteiger partial charge is 0.392 e. The van der Waals surface area contributed by atoms with Gasteiger partial charge in [-0.2, -0.15) is 0 Å². The molecule has 1 aromatic rings. The van der Waals surface area contributed by atoms with Crippen molar-refractivity contribution in [2.24, 2.45) is 5.73 Å². The summed E-state index contributed by atoms with van der Waals surface area (Å²) < 4.78 is 0. The zero-order chi connectivity index (χ0) is 12.1. The van der Waals surface area contributed by atoms with Crippen LogP contribution in [-0.4, -0.2) is 23.0 Å². The van der Waals surface area contributed by atoms with E-state index in [9.17, 15) is 0 Å². The molecule has 2 nitrogen and oxygen atoms in total. The summed E-state index contributed by atoms with van der Waals surface area (Å²) in [5.41, 5.74) is 9.52. The molecule has 0 spiro atoms. The first-order valence-corrected chi connectivity index (χ1v) is 6.00. The van der Waals surface area contributed by atoms with Crippen LogP contribution in [0.25, 0.3) is 0 Å². The molecule has 0 fully saturated rings. The molecule has 0 saturated heterocycles. The maximum Gasteiger partial charge on any atom is 0.0870 e. The van der Waals surface area contributed by atoms with E-state index in [-0.39, 0.29) is 0 Å². The molecular formula is C13H20N2S. The van der Waals surface area contributed by atoms with E-state index in [4.69, 9.17) is 18.0 Å². The molecule has 16 heavy (non-hydrogen) atoms. The van der Waals surface area contributed by atoms with Gasteiger partial charge in [0.2, 0.25) is 0 Å². The lowest BCUT2D eigenvalue weighted by Gasteiger charge is -2.20. The Labute approximate surface area is 103 Å². The maximum atomic E-state index is 5.57. The second-order valence-corrected chi connectivity index (χ2v) is 4.79. The topological polar surface area (TPSA) is 29.3 Å². The first kappa shape index (κ1) is 13.1. The van der Waals surface area contributed by atoms with E-state index < -0.39 is 0 Å². The van der Waals surface area contributed by atoms with E-state index in [1.165, 1.54) is 16.7 Å². The minimum Gasteiger partial charge on any atom is -0.392 e.